The van der Waals surface area contributed by atoms with E-state index in [1.165, 1.54) is 5.56 Å². The molecule has 0 fully saturated rings. The molecule has 0 bridgehead atoms. The largest absolute Gasteiger partial charge is 0.490 e. The molecule has 0 aliphatic carbocycles. The molecule has 1 heterocycles. The summed E-state index contributed by atoms with van der Waals surface area (Å²) >= 11 is 0. The molecular formula is C14H21NO2. The number of hydrogen-bond acceptors (Lipinski definition) is 3. The van der Waals surface area contributed by atoms with Crippen LogP contribution in [0.25, 0.3) is 0 Å². The number of rotatable bonds is 3. The van der Waals surface area contributed by atoms with E-state index >= 15 is 0 Å². The van der Waals surface area contributed by atoms with Crippen LogP contribution in [-0.4, -0.2) is 19.3 Å². The lowest BCUT2D eigenvalue weighted by atomic mass is 9.89. The van der Waals surface area contributed by atoms with E-state index in [0.29, 0.717) is 12.6 Å². The zero-order valence-corrected chi connectivity index (χ0v) is 11.0. The van der Waals surface area contributed by atoms with E-state index in [1.54, 1.807) is 0 Å². The van der Waals surface area contributed by atoms with E-state index in [9.17, 15) is 0 Å². The Hall–Kier alpha value is -1.22. The predicted octanol–water partition coefficient (Wildman–Crippen LogP) is 2.91. The highest BCUT2D eigenvalue weighted by Gasteiger charge is 2.34. The Labute approximate surface area is 103 Å². The van der Waals surface area contributed by atoms with Crippen molar-refractivity contribution in [2.45, 2.75) is 38.8 Å². The van der Waals surface area contributed by atoms with Gasteiger partial charge in [0.2, 0.25) is 0 Å². The maximum atomic E-state index is 6.07. The molecular weight excluding hydrogens is 214 g/mol. The molecule has 17 heavy (non-hydrogen) atoms. The van der Waals surface area contributed by atoms with Crippen LogP contribution in [0.1, 0.15) is 38.8 Å². The first kappa shape index (κ1) is 12.2. The fourth-order valence-electron chi connectivity index (χ4n) is 2.36. The van der Waals surface area contributed by atoms with Gasteiger partial charge >= 0.3 is 0 Å². The fourth-order valence-corrected chi connectivity index (χ4v) is 2.36. The summed E-state index contributed by atoms with van der Waals surface area (Å²) in [5, 5.41) is 3.35. The Bertz CT molecular complexity index is 401. The van der Waals surface area contributed by atoms with Crippen molar-refractivity contribution in [3.05, 3.63) is 23.8 Å². The molecule has 0 saturated heterocycles. The second kappa shape index (κ2) is 4.57. The lowest BCUT2D eigenvalue weighted by Crippen LogP contribution is -2.38. The normalized spacial score (nSPS) is 21.5. The highest BCUT2D eigenvalue weighted by molar-refractivity contribution is 5.49. The van der Waals surface area contributed by atoms with Crippen LogP contribution in [0.5, 0.6) is 11.5 Å². The minimum atomic E-state index is -0.159. The Morgan fingerprint density at radius 1 is 1.47 bits per heavy atom. The molecule has 0 amide bonds. The molecule has 3 nitrogen and oxygen atoms in total. The number of nitrogens with one attached hydrogen (secondary N) is 1. The van der Waals surface area contributed by atoms with Crippen LogP contribution in [0, 0.1) is 0 Å². The standard InChI is InChI=1S/C14H21NO2/c1-5-16-12-8-6-7-10-11(15-4)9-14(2,3)17-13(10)12/h6-8,11,15H,5,9H2,1-4H3. The molecule has 1 aromatic carbocycles. The summed E-state index contributed by atoms with van der Waals surface area (Å²) in [4.78, 5) is 0. The maximum absolute atomic E-state index is 6.07. The van der Waals surface area contributed by atoms with Crippen molar-refractivity contribution in [2.75, 3.05) is 13.7 Å². The number of hydrogen-bond donors (Lipinski definition) is 1. The fraction of sp³-hybridized carbons (Fsp3) is 0.571. The van der Waals surface area contributed by atoms with Crippen LogP contribution in [0.4, 0.5) is 0 Å². The van der Waals surface area contributed by atoms with Crippen molar-refractivity contribution in [2.24, 2.45) is 0 Å². The molecule has 1 aliphatic rings. The van der Waals surface area contributed by atoms with Gasteiger partial charge in [-0.2, -0.15) is 0 Å². The summed E-state index contributed by atoms with van der Waals surface area (Å²) in [5.74, 6) is 1.74. The molecule has 1 aliphatic heterocycles. The van der Waals surface area contributed by atoms with Gasteiger partial charge in [-0.1, -0.05) is 12.1 Å². The zero-order chi connectivity index (χ0) is 12.5. The molecule has 0 saturated carbocycles. The van der Waals surface area contributed by atoms with E-state index in [0.717, 1.165) is 17.9 Å². The van der Waals surface area contributed by atoms with Crippen molar-refractivity contribution >= 4 is 0 Å². The molecule has 1 N–H and O–H groups in total. The SMILES string of the molecule is CCOc1cccc2c1OC(C)(C)CC2NC. The van der Waals surface area contributed by atoms with E-state index in [1.807, 2.05) is 26.1 Å². The molecule has 0 spiro atoms. The van der Waals surface area contributed by atoms with Crippen LogP contribution in [0.3, 0.4) is 0 Å². The van der Waals surface area contributed by atoms with E-state index in [2.05, 4.69) is 25.2 Å². The number of ether oxygens (including phenoxy) is 2. The first-order valence-corrected chi connectivity index (χ1v) is 6.19. The van der Waals surface area contributed by atoms with Gasteiger partial charge in [-0.25, -0.2) is 0 Å². The highest BCUT2D eigenvalue weighted by atomic mass is 16.5. The highest BCUT2D eigenvalue weighted by Crippen LogP contribution is 2.44. The summed E-state index contributed by atoms with van der Waals surface area (Å²) in [6, 6.07) is 6.43. The third kappa shape index (κ3) is 2.39. The Morgan fingerprint density at radius 3 is 2.88 bits per heavy atom. The van der Waals surface area contributed by atoms with Gasteiger partial charge in [-0.05, 0) is 33.9 Å². The van der Waals surface area contributed by atoms with Gasteiger partial charge < -0.3 is 14.8 Å². The minimum absolute atomic E-state index is 0.159. The Morgan fingerprint density at radius 2 is 2.24 bits per heavy atom. The van der Waals surface area contributed by atoms with Crippen molar-refractivity contribution in [1.29, 1.82) is 0 Å². The topological polar surface area (TPSA) is 30.5 Å². The quantitative estimate of drug-likeness (QED) is 0.873. The zero-order valence-electron chi connectivity index (χ0n) is 11.0. The van der Waals surface area contributed by atoms with Crippen LogP contribution in [0.15, 0.2) is 18.2 Å². The Kier molecular flexibility index (Phi) is 3.29. The summed E-state index contributed by atoms with van der Waals surface area (Å²) in [5.41, 5.74) is 1.03. The average molecular weight is 235 g/mol. The van der Waals surface area contributed by atoms with Crippen molar-refractivity contribution in [1.82, 2.24) is 5.32 Å². The molecule has 1 atom stereocenters. The van der Waals surface area contributed by atoms with Crippen LogP contribution in [0.2, 0.25) is 0 Å². The first-order chi connectivity index (χ1) is 8.07. The van der Waals surface area contributed by atoms with E-state index in [4.69, 9.17) is 9.47 Å². The lowest BCUT2D eigenvalue weighted by Gasteiger charge is -2.38. The van der Waals surface area contributed by atoms with Crippen molar-refractivity contribution < 1.29 is 9.47 Å². The molecule has 1 aromatic rings. The molecule has 0 aromatic heterocycles. The second-order valence-corrected chi connectivity index (χ2v) is 5.01. The monoisotopic (exact) mass is 235 g/mol. The average Bonchev–Trinajstić information content (AvgIpc) is 2.28. The van der Waals surface area contributed by atoms with Crippen LogP contribution >= 0.6 is 0 Å². The van der Waals surface area contributed by atoms with Crippen molar-refractivity contribution in [3.63, 3.8) is 0 Å². The molecule has 3 heteroatoms. The third-order valence-electron chi connectivity index (χ3n) is 3.11. The molecule has 2 rings (SSSR count). The number of para-hydroxylation sites is 1. The number of fused-ring (bicyclic) bond motifs is 1. The predicted molar refractivity (Wildman–Crippen MR) is 68.7 cm³/mol. The lowest BCUT2D eigenvalue weighted by molar-refractivity contribution is 0.0628. The van der Waals surface area contributed by atoms with Crippen molar-refractivity contribution in [3.8, 4) is 11.5 Å². The molecule has 94 valence electrons. The first-order valence-electron chi connectivity index (χ1n) is 6.19. The van der Waals surface area contributed by atoms with E-state index < -0.39 is 0 Å². The Balaban J connectivity index is 2.45. The van der Waals surface area contributed by atoms with Gasteiger partial charge in [0.1, 0.15) is 5.60 Å². The second-order valence-electron chi connectivity index (χ2n) is 5.01. The molecule has 1 unspecified atom stereocenters. The van der Waals surface area contributed by atoms with Gasteiger partial charge in [-0.3, -0.25) is 0 Å². The minimum Gasteiger partial charge on any atom is -0.490 e. The van der Waals surface area contributed by atoms with Gasteiger partial charge in [-0.15, -0.1) is 0 Å². The maximum Gasteiger partial charge on any atom is 0.166 e. The van der Waals surface area contributed by atoms with E-state index in [-0.39, 0.29) is 5.60 Å². The van der Waals surface area contributed by atoms with Gasteiger partial charge in [0.05, 0.1) is 6.61 Å². The summed E-state index contributed by atoms with van der Waals surface area (Å²) in [6.07, 6.45) is 0.964. The molecule has 0 radical (unpaired) electrons. The summed E-state index contributed by atoms with van der Waals surface area (Å²) < 4.78 is 11.7. The smallest absolute Gasteiger partial charge is 0.166 e. The number of benzene rings is 1. The summed E-state index contributed by atoms with van der Waals surface area (Å²) in [6.45, 7) is 6.87. The van der Waals surface area contributed by atoms with Gasteiger partial charge in [0.15, 0.2) is 11.5 Å². The van der Waals surface area contributed by atoms with Crippen LogP contribution in [-0.2, 0) is 0 Å². The van der Waals surface area contributed by atoms with Gasteiger partial charge in [0.25, 0.3) is 0 Å². The third-order valence-corrected chi connectivity index (χ3v) is 3.11. The summed E-state index contributed by atoms with van der Waals surface area (Å²) in [7, 11) is 1.99. The van der Waals surface area contributed by atoms with Gasteiger partial charge in [0, 0.05) is 18.0 Å². The van der Waals surface area contributed by atoms with Crippen LogP contribution < -0.4 is 14.8 Å².